The van der Waals surface area contributed by atoms with Gasteiger partial charge in [-0.05, 0) is 69.1 Å². The van der Waals surface area contributed by atoms with Crippen LogP contribution in [-0.2, 0) is 0 Å². The SMILES string of the molecule is c1ccc(-c2nc(-c3ccc(-c4cccc(-n5c6ccccc6c6cc7ccccc7cc65)c4)cc3)nc(-c3ccc4ccccc4c3)n2)cc1. The quantitative estimate of drug-likeness (QED) is 0.186. The first-order valence-electron chi connectivity index (χ1n) is 17.2. The first-order valence-corrected chi connectivity index (χ1v) is 17.2. The Hall–Kier alpha value is -6.91. The van der Waals surface area contributed by atoms with Crippen molar-refractivity contribution in [1.82, 2.24) is 19.5 Å². The Morgan fingerprint density at radius 3 is 1.61 bits per heavy atom. The molecule has 0 aliphatic carbocycles. The third-order valence-electron chi connectivity index (χ3n) is 9.80. The third-order valence-corrected chi connectivity index (χ3v) is 9.80. The summed E-state index contributed by atoms with van der Waals surface area (Å²) in [5, 5.41) is 7.33. The molecule has 2 aromatic heterocycles. The number of para-hydroxylation sites is 1. The number of fused-ring (bicyclic) bond motifs is 5. The Balaban J connectivity index is 1.06. The van der Waals surface area contributed by atoms with Gasteiger partial charge in [-0.2, -0.15) is 0 Å². The summed E-state index contributed by atoms with van der Waals surface area (Å²) in [6, 6.07) is 64.1. The number of aromatic nitrogens is 4. The topological polar surface area (TPSA) is 43.6 Å². The van der Waals surface area contributed by atoms with Gasteiger partial charge in [0.05, 0.1) is 11.0 Å². The lowest BCUT2D eigenvalue weighted by Crippen LogP contribution is -2.00. The molecule has 2 heterocycles. The Morgan fingerprint density at radius 2 is 0.843 bits per heavy atom. The van der Waals surface area contributed by atoms with Crippen molar-refractivity contribution in [1.29, 1.82) is 0 Å². The van der Waals surface area contributed by atoms with Gasteiger partial charge in [0.25, 0.3) is 0 Å². The zero-order valence-corrected chi connectivity index (χ0v) is 27.6. The molecule has 0 unspecified atom stereocenters. The van der Waals surface area contributed by atoms with E-state index in [2.05, 4.69) is 156 Å². The maximum Gasteiger partial charge on any atom is 0.164 e. The van der Waals surface area contributed by atoms with Gasteiger partial charge in [0, 0.05) is 33.2 Å². The van der Waals surface area contributed by atoms with Gasteiger partial charge in [-0.25, -0.2) is 15.0 Å². The standard InChI is InChI=1S/C47H30N4/c1-2-12-33(13-3-1)45-48-46(50-47(49-45)39-26-23-31-11-4-5-14-35(31)27-39)34-24-21-32(22-25-34)36-17-10-18-40(28-36)51-43-20-9-8-19-41(43)42-29-37-15-6-7-16-38(37)30-44(42)51/h1-30H. The highest BCUT2D eigenvalue weighted by Gasteiger charge is 2.15. The molecule has 0 aliphatic heterocycles. The predicted molar refractivity (Wildman–Crippen MR) is 211 cm³/mol. The van der Waals surface area contributed by atoms with Crippen molar-refractivity contribution in [2.24, 2.45) is 0 Å². The van der Waals surface area contributed by atoms with Crippen molar-refractivity contribution < 1.29 is 0 Å². The van der Waals surface area contributed by atoms with E-state index in [1.807, 2.05) is 30.3 Å². The van der Waals surface area contributed by atoms with Gasteiger partial charge in [-0.15, -0.1) is 0 Å². The molecule has 238 valence electrons. The average molecular weight is 651 g/mol. The molecule has 4 nitrogen and oxygen atoms in total. The minimum atomic E-state index is 0.643. The Morgan fingerprint density at radius 1 is 0.294 bits per heavy atom. The van der Waals surface area contributed by atoms with Crippen LogP contribution in [0.15, 0.2) is 182 Å². The van der Waals surface area contributed by atoms with Gasteiger partial charge < -0.3 is 4.57 Å². The summed E-state index contributed by atoms with van der Waals surface area (Å²) >= 11 is 0. The molecular formula is C47H30N4. The lowest BCUT2D eigenvalue weighted by molar-refractivity contribution is 1.07. The summed E-state index contributed by atoms with van der Waals surface area (Å²) in [4.78, 5) is 14.9. The number of hydrogen-bond donors (Lipinski definition) is 0. The zero-order valence-electron chi connectivity index (χ0n) is 27.6. The molecule has 0 aliphatic rings. The summed E-state index contributed by atoms with van der Waals surface area (Å²) in [7, 11) is 0. The third kappa shape index (κ3) is 5.13. The Kier molecular flexibility index (Phi) is 6.78. The second kappa shape index (κ2) is 11.9. The monoisotopic (exact) mass is 650 g/mol. The van der Waals surface area contributed by atoms with Gasteiger partial charge in [-0.1, -0.05) is 146 Å². The molecule has 10 aromatic rings. The van der Waals surface area contributed by atoms with Crippen molar-refractivity contribution >= 4 is 43.4 Å². The second-order valence-electron chi connectivity index (χ2n) is 12.9. The molecule has 51 heavy (non-hydrogen) atoms. The van der Waals surface area contributed by atoms with E-state index < -0.39 is 0 Å². The fourth-order valence-electron chi connectivity index (χ4n) is 7.25. The maximum absolute atomic E-state index is 5.01. The van der Waals surface area contributed by atoms with E-state index in [-0.39, 0.29) is 0 Å². The largest absolute Gasteiger partial charge is 0.309 e. The molecule has 0 spiro atoms. The maximum atomic E-state index is 5.01. The first-order chi connectivity index (χ1) is 25.2. The number of benzene rings is 8. The summed E-state index contributed by atoms with van der Waals surface area (Å²) < 4.78 is 2.39. The van der Waals surface area contributed by atoms with Gasteiger partial charge in [0.1, 0.15) is 0 Å². The van der Waals surface area contributed by atoms with E-state index in [9.17, 15) is 0 Å². The highest BCUT2D eigenvalue weighted by Crippen LogP contribution is 2.36. The molecule has 0 saturated carbocycles. The van der Waals surface area contributed by atoms with E-state index in [1.165, 1.54) is 38.0 Å². The molecule has 10 rings (SSSR count). The Labute approximate surface area is 295 Å². The van der Waals surface area contributed by atoms with Crippen LogP contribution in [0.1, 0.15) is 0 Å². The summed E-state index contributed by atoms with van der Waals surface area (Å²) in [5.74, 6) is 1.95. The van der Waals surface area contributed by atoms with E-state index in [4.69, 9.17) is 15.0 Å². The van der Waals surface area contributed by atoms with Crippen LogP contribution in [0.5, 0.6) is 0 Å². The molecule has 0 N–H and O–H groups in total. The molecule has 8 aromatic carbocycles. The zero-order chi connectivity index (χ0) is 33.7. The van der Waals surface area contributed by atoms with Crippen molar-refractivity contribution in [2.75, 3.05) is 0 Å². The van der Waals surface area contributed by atoms with Crippen LogP contribution < -0.4 is 0 Å². The van der Waals surface area contributed by atoms with Crippen LogP contribution in [0.3, 0.4) is 0 Å². The van der Waals surface area contributed by atoms with Gasteiger partial charge in [-0.3, -0.25) is 0 Å². The van der Waals surface area contributed by atoms with Crippen LogP contribution in [-0.4, -0.2) is 19.5 Å². The normalized spacial score (nSPS) is 11.5. The molecule has 0 amide bonds. The minimum absolute atomic E-state index is 0.643. The molecule has 0 atom stereocenters. The minimum Gasteiger partial charge on any atom is -0.309 e. The van der Waals surface area contributed by atoms with Gasteiger partial charge in [0.2, 0.25) is 0 Å². The number of nitrogens with zero attached hydrogens (tertiary/aromatic N) is 4. The molecule has 0 radical (unpaired) electrons. The molecule has 4 heteroatoms. The van der Waals surface area contributed by atoms with E-state index in [0.717, 1.165) is 38.9 Å². The van der Waals surface area contributed by atoms with E-state index >= 15 is 0 Å². The highest BCUT2D eigenvalue weighted by atomic mass is 15.0. The van der Waals surface area contributed by atoms with Crippen LogP contribution >= 0.6 is 0 Å². The van der Waals surface area contributed by atoms with Crippen molar-refractivity contribution in [2.45, 2.75) is 0 Å². The van der Waals surface area contributed by atoms with Crippen LogP contribution in [0.2, 0.25) is 0 Å². The van der Waals surface area contributed by atoms with Gasteiger partial charge in [0.15, 0.2) is 17.5 Å². The summed E-state index contributed by atoms with van der Waals surface area (Å²) in [6.45, 7) is 0. The first kappa shape index (κ1) is 29.0. The molecule has 0 saturated heterocycles. The van der Waals surface area contributed by atoms with Crippen LogP contribution in [0, 0.1) is 0 Å². The molecule has 0 bridgehead atoms. The van der Waals surface area contributed by atoms with Crippen LogP contribution in [0.25, 0.3) is 94.3 Å². The fourth-order valence-corrected chi connectivity index (χ4v) is 7.25. The van der Waals surface area contributed by atoms with Crippen molar-refractivity contribution in [3.63, 3.8) is 0 Å². The lowest BCUT2D eigenvalue weighted by Gasteiger charge is -2.12. The average Bonchev–Trinajstić information content (AvgIpc) is 3.53. The second-order valence-corrected chi connectivity index (χ2v) is 12.9. The smallest absolute Gasteiger partial charge is 0.164 e. The summed E-state index contributed by atoms with van der Waals surface area (Å²) in [6.07, 6.45) is 0. The lowest BCUT2D eigenvalue weighted by atomic mass is 10.0. The van der Waals surface area contributed by atoms with Gasteiger partial charge >= 0.3 is 0 Å². The molecule has 0 fully saturated rings. The van der Waals surface area contributed by atoms with Crippen molar-refractivity contribution in [3.05, 3.63) is 182 Å². The number of rotatable bonds is 5. The Bertz CT molecular complexity index is 2910. The van der Waals surface area contributed by atoms with Crippen LogP contribution in [0.4, 0.5) is 0 Å². The fraction of sp³-hybridized carbons (Fsp3) is 0. The van der Waals surface area contributed by atoms with E-state index in [0.29, 0.717) is 17.5 Å². The number of hydrogen-bond acceptors (Lipinski definition) is 3. The van der Waals surface area contributed by atoms with Crippen molar-refractivity contribution in [3.8, 4) is 51.0 Å². The summed E-state index contributed by atoms with van der Waals surface area (Å²) in [5.41, 5.74) is 8.64. The van der Waals surface area contributed by atoms with E-state index in [1.54, 1.807) is 0 Å². The molecular weight excluding hydrogens is 621 g/mol. The highest BCUT2D eigenvalue weighted by molar-refractivity contribution is 6.13. The predicted octanol–water partition coefficient (Wildman–Crippen LogP) is 11.9.